The highest BCUT2D eigenvalue weighted by Gasteiger charge is 2.38. The zero-order valence-electron chi connectivity index (χ0n) is 16.5. The van der Waals surface area contributed by atoms with Crippen LogP contribution in [0.15, 0.2) is 35.0 Å². The van der Waals surface area contributed by atoms with E-state index in [9.17, 15) is 26.0 Å². The summed E-state index contributed by atoms with van der Waals surface area (Å²) in [5.41, 5.74) is 4.41. The van der Waals surface area contributed by atoms with Crippen LogP contribution in [0.3, 0.4) is 0 Å². The Morgan fingerprint density at radius 3 is 2.47 bits per heavy atom. The van der Waals surface area contributed by atoms with Crippen molar-refractivity contribution in [3.05, 3.63) is 57.6 Å². The number of hydrogen-bond donors (Lipinski definition) is 1. The molecule has 1 aromatic heterocycles. The maximum absolute atomic E-state index is 13.8. The Hall–Kier alpha value is -1.95. The van der Waals surface area contributed by atoms with E-state index in [1.165, 1.54) is 39.2 Å². The van der Waals surface area contributed by atoms with Crippen molar-refractivity contribution < 1.29 is 26.0 Å². The molecule has 0 aliphatic heterocycles. The van der Waals surface area contributed by atoms with E-state index in [4.69, 9.17) is 17.3 Å². The smallest absolute Gasteiger partial charge is 0.327 e. The molecule has 0 bridgehead atoms. The molecule has 0 amide bonds. The number of nitrogens with zero attached hydrogens (tertiary/aromatic N) is 3. The molecule has 6 nitrogen and oxygen atoms in total. The molecule has 0 saturated carbocycles. The molecule has 0 fully saturated rings. The third-order valence-corrected chi connectivity index (χ3v) is 6.67. The predicted octanol–water partition coefficient (Wildman–Crippen LogP) is 3.52. The van der Waals surface area contributed by atoms with Crippen molar-refractivity contribution in [2.75, 3.05) is 20.6 Å². The van der Waals surface area contributed by atoms with Gasteiger partial charge in [0.1, 0.15) is 10.7 Å². The van der Waals surface area contributed by atoms with Crippen LogP contribution in [0.5, 0.6) is 0 Å². The number of halogens is 5. The van der Waals surface area contributed by atoms with Crippen molar-refractivity contribution in [2.45, 2.75) is 31.0 Å². The van der Waals surface area contributed by atoms with Crippen LogP contribution in [0, 0.1) is 6.92 Å². The molecule has 2 rings (SSSR count). The summed E-state index contributed by atoms with van der Waals surface area (Å²) in [7, 11) is -1.13. The van der Waals surface area contributed by atoms with E-state index in [0.29, 0.717) is 5.56 Å². The maximum Gasteiger partial charge on any atom is 0.435 e. The van der Waals surface area contributed by atoms with Crippen LogP contribution in [0.25, 0.3) is 0 Å². The fraction of sp³-hybridized carbons (Fsp3) is 0.389. The van der Waals surface area contributed by atoms with E-state index >= 15 is 0 Å². The first-order chi connectivity index (χ1) is 13.8. The molecule has 166 valence electrons. The van der Waals surface area contributed by atoms with Crippen molar-refractivity contribution in [1.29, 1.82) is 0 Å². The molecule has 0 aliphatic rings. The Balaban J connectivity index is 2.48. The Morgan fingerprint density at radius 1 is 1.33 bits per heavy atom. The molecule has 0 spiro atoms. The summed E-state index contributed by atoms with van der Waals surface area (Å²) in [6.07, 6.45) is -3.92. The van der Waals surface area contributed by atoms with E-state index < -0.39 is 34.3 Å². The number of sulfonamides is 1. The first kappa shape index (κ1) is 24.3. The van der Waals surface area contributed by atoms with E-state index in [1.54, 1.807) is 0 Å². The summed E-state index contributed by atoms with van der Waals surface area (Å²) < 4.78 is 80.7. The van der Waals surface area contributed by atoms with Gasteiger partial charge in [0, 0.05) is 38.3 Å². The van der Waals surface area contributed by atoms with Gasteiger partial charge >= 0.3 is 6.18 Å². The Bertz CT molecular complexity index is 1060. The first-order valence-electron chi connectivity index (χ1n) is 8.68. The lowest BCUT2D eigenvalue weighted by atomic mass is 10.0. The minimum Gasteiger partial charge on any atom is -0.327 e. The fourth-order valence-corrected chi connectivity index (χ4v) is 4.21. The van der Waals surface area contributed by atoms with Crippen molar-refractivity contribution >= 4 is 21.6 Å². The second-order valence-electron chi connectivity index (χ2n) is 6.68. The third kappa shape index (κ3) is 5.20. The first-order valence-corrected chi connectivity index (χ1v) is 10.5. The van der Waals surface area contributed by atoms with Gasteiger partial charge in [-0.15, -0.1) is 0 Å². The number of benzene rings is 1. The minimum atomic E-state index is -4.75. The van der Waals surface area contributed by atoms with Crippen LogP contribution in [0.4, 0.5) is 17.6 Å². The molecule has 12 heteroatoms. The largest absolute Gasteiger partial charge is 0.435 e. The van der Waals surface area contributed by atoms with Gasteiger partial charge in [0.15, 0.2) is 5.69 Å². The second kappa shape index (κ2) is 9.04. The molecule has 0 atom stereocenters. The lowest BCUT2D eigenvalue weighted by Gasteiger charge is -2.14. The van der Waals surface area contributed by atoms with Gasteiger partial charge < -0.3 is 5.73 Å². The highest BCUT2D eigenvalue weighted by atomic mass is 35.5. The van der Waals surface area contributed by atoms with E-state index in [2.05, 4.69) is 5.10 Å². The minimum absolute atomic E-state index is 0.0914. The van der Waals surface area contributed by atoms with Gasteiger partial charge in [0.25, 0.3) is 0 Å². The van der Waals surface area contributed by atoms with Gasteiger partial charge in [-0.25, -0.2) is 17.1 Å². The lowest BCUT2D eigenvalue weighted by Crippen LogP contribution is -2.22. The Labute approximate surface area is 177 Å². The average molecular weight is 469 g/mol. The molecule has 1 heterocycles. The summed E-state index contributed by atoms with van der Waals surface area (Å²) >= 11 is 6.08. The molecule has 2 N–H and O–H groups in total. The molecule has 0 radical (unpaired) electrons. The molecule has 0 saturated heterocycles. The summed E-state index contributed by atoms with van der Waals surface area (Å²) in [5, 5.41) is 3.42. The maximum atomic E-state index is 13.8. The standard InChI is InChI=1S/C18H21ClF4N4O2S/c1-11-14(17(18(21,22)23)25-27(11)10-13(20)6-7-24)8-12-4-5-16(15(19)9-12)30(28,29)26(2)3/h4-6,9H,7-8,10,24H2,1-3H3/b13-6-. The summed E-state index contributed by atoms with van der Waals surface area (Å²) in [4.78, 5) is -0.157. The number of hydrogen-bond acceptors (Lipinski definition) is 4. The number of aromatic nitrogens is 2. The van der Waals surface area contributed by atoms with Crippen molar-refractivity contribution in [2.24, 2.45) is 5.73 Å². The van der Waals surface area contributed by atoms with Crippen LogP contribution in [0.2, 0.25) is 5.02 Å². The Morgan fingerprint density at radius 2 is 1.97 bits per heavy atom. The molecular weight excluding hydrogens is 448 g/mol. The van der Waals surface area contributed by atoms with Crippen LogP contribution in [0.1, 0.15) is 22.5 Å². The van der Waals surface area contributed by atoms with Crippen molar-refractivity contribution in [3.63, 3.8) is 0 Å². The lowest BCUT2D eigenvalue weighted by molar-refractivity contribution is -0.142. The molecule has 30 heavy (non-hydrogen) atoms. The van der Waals surface area contributed by atoms with Crippen molar-refractivity contribution in [1.82, 2.24) is 14.1 Å². The van der Waals surface area contributed by atoms with Crippen LogP contribution in [-0.2, 0) is 29.2 Å². The van der Waals surface area contributed by atoms with Gasteiger partial charge in [0.05, 0.1) is 11.6 Å². The topological polar surface area (TPSA) is 81.2 Å². The van der Waals surface area contributed by atoms with Crippen LogP contribution in [-0.4, -0.2) is 43.1 Å². The highest BCUT2D eigenvalue weighted by Crippen LogP contribution is 2.35. The second-order valence-corrected chi connectivity index (χ2v) is 9.21. The third-order valence-electron chi connectivity index (χ3n) is 4.37. The molecular formula is C18H21ClF4N4O2S. The zero-order valence-corrected chi connectivity index (χ0v) is 18.0. The summed E-state index contributed by atoms with van der Waals surface area (Å²) in [5.74, 6) is -0.704. The number of rotatable bonds is 7. The molecule has 2 aromatic rings. The Kier molecular flexibility index (Phi) is 7.33. The van der Waals surface area contributed by atoms with Gasteiger partial charge in [0.2, 0.25) is 10.0 Å². The molecule has 0 aliphatic carbocycles. The molecule has 0 unspecified atom stereocenters. The van der Waals surface area contributed by atoms with E-state index in [-0.39, 0.29) is 34.1 Å². The normalized spacial score (nSPS) is 13.3. The van der Waals surface area contributed by atoms with Gasteiger partial charge in [-0.2, -0.15) is 18.3 Å². The fourth-order valence-electron chi connectivity index (χ4n) is 2.78. The summed E-state index contributed by atoms with van der Waals surface area (Å²) in [6, 6.07) is 3.92. The quantitative estimate of drug-likeness (QED) is 0.630. The predicted molar refractivity (Wildman–Crippen MR) is 105 cm³/mol. The van der Waals surface area contributed by atoms with E-state index in [1.807, 2.05) is 0 Å². The SMILES string of the molecule is Cc1c(Cc2ccc(S(=O)(=O)N(C)C)c(Cl)c2)c(C(F)(F)F)nn1C/C(F)=C/CN. The summed E-state index contributed by atoms with van der Waals surface area (Å²) in [6.45, 7) is 0.832. The van der Waals surface area contributed by atoms with Gasteiger partial charge in [-0.05, 0) is 30.7 Å². The van der Waals surface area contributed by atoms with Gasteiger partial charge in [-0.1, -0.05) is 17.7 Å². The highest BCUT2D eigenvalue weighted by molar-refractivity contribution is 7.89. The average Bonchev–Trinajstić information content (AvgIpc) is 2.91. The van der Waals surface area contributed by atoms with Crippen molar-refractivity contribution in [3.8, 4) is 0 Å². The van der Waals surface area contributed by atoms with E-state index in [0.717, 1.165) is 15.1 Å². The molecule has 1 aromatic carbocycles. The van der Waals surface area contributed by atoms with Crippen LogP contribution >= 0.6 is 11.6 Å². The number of allylic oxidation sites excluding steroid dienone is 1. The van der Waals surface area contributed by atoms with Crippen LogP contribution < -0.4 is 5.73 Å². The van der Waals surface area contributed by atoms with Gasteiger partial charge in [-0.3, -0.25) is 4.68 Å². The monoisotopic (exact) mass is 468 g/mol. The number of alkyl halides is 3. The number of nitrogens with two attached hydrogens (primary N) is 1. The zero-order chi connectivity index (χ0) is 22.9.